The smallest absolute Gasteiger partial charge is 0.231 e. The predicted octanol–water partition coefficient (Wildman–Crippen LogP) is 3.40. The van der Waals surface area contributed by atoms with Crippen molar-refractivity contribution in [1.29, 1.82) is 0 Å². The Bertz CT molecular complexity index is 829. The van der Waals surface area contributed by atoms with Crippen molar-refractivity contribution in [3.8, 4) is 11.5 Å². The fraction of sp³-hybridized carbons (Fsp3) is 0.333. The van der Waals surface area contributed by atoms with Crippen molar-refractivity contribution in [2.45, 2.75) is 32.2 Å². The van der Waals surface area contributed by atoms with Gasteiger partial charge in [-0.25, -0.2) is 0 Å². The number of nitrogens with one attached hydrogen (secondary N) is 1. The van der Waals surface area contributed by atoms with Crippen LogP contribution in [0.25, 0.3) is 0 Å². The quantitative estimate of drug-likeness (QED) is 0.813. The van der Waals surface area contributed by atoms with Gasteiger partial charge in [-0.1, -0.05) is 6.07 Å². The highest BCUT2D eigenvalue weighted by molar-refractivity contribution is 5.96. The largest absolute Gasteiger partial charge is 0.493 e. The highest BCUT2D eigenvalue weighted by Crippen LogP contribution is 2.34. The van der Waals surface area contributed by atoms with E-state index < -0.39 is 0 Å². The first-order valence-corrected chi connectivity index (χ1v) is 8.92. The molecule has 1 N–H and O–H groups in total. The zero-order chi connectivity index (χ0) is 19.4. The minimum Gasteiger partial charge on any atom is -0.493 e. The van der Waals surface area contributed by atoms with Gasteiger partial charge in [-0.15, -0.1) is 0 Å². The molecule has 0 unspecified atom stereocenters. The van der Waals surface area contributed by atoms with Gasteiger partial charge >= 0.3 is 0 Å². The first-order valence-electron chi connectivity index (χ1n) is 8.92. The molecular weight excluding hydrogens is 344 g/mol. The third kappa shape index (κ3) is 4.58. The second-order valence-electron chi connectivity index (χ2n) is 6.59. The summed E-state index contributed by atoms with van der Waals surface area (Å²) in [6.07, 6.45) is 2.29. The summed E-state index contributed by atoms with van der Waals surface area (Å²) < 4.78 is 10.6. The van der Waals surface area contributed by atoms with Crippen molar-refractivity contribution in [2.24, 2.45) is 0 Å². The lowest BCUT2D eigenvalue weighted by Gasteiger charge is -2.23. The Hall–Kier alpha value is -3.02. The van der Waals surface area contributed by atoms with Crippen LogP contribution in [0.1, 0.15) is 25.3 Å². The topological polar surface area (TPSA) is 67.9 Å². The fourth-order valence-corrected chi connectivity index (χ4v) is 3.05. The Morgan fingerprint density at radius 3 is 2.26 bits per heavy atom. The van der Waals surface area contributed by atoms with Crippen LogP contribution in [0.4, 0.5) is 11.4 Å². The van der Waals surface area contributed by atoms with Gasteiger partial charge < -0.3 is 19.7 Å². The van der Waals surface area contributed by atoms with Crippen LogP contribution in [0.3, 0.4) is 0 Å². The number of methoxy groups -OCH3 is 2. The van der Waals surface area contributed by atoms with Crippen molar-refractivity contribution < 1.29 is 19.1 Å². The molecule has 6 heteroatoms. The van der Waals surface area contributed by atoms with E-state index in [0.717, 1.165) is 24.1 Å². The highest BCUT2D eigenvalue weighted by Gasteiger charge is 2.33. The number of rotatable bonds is 7. The normalized spacial score (nSPS) is 13.0. The zero-order valence-corrected chi connectivity index (χ0v) is 15.8. The number of hydrogen-bond donors (Lipinski definition) is 1. The molecule has 2 aromatic carbocycles. The zero-order valence-electron chi connectivity index (χ0n) is 15.8. The van der Waals surface area contributed by atoms with E-state index in [0.29, 0.717) is 17.2 Å². The van der Waals surface area contributed by atoms with Crippen LogP contribution in [0, 0.1) is 0 Å². The molecule has 0 radical (unpaired) electrons. The van der Waals surface area contributed by atoms with Gasteiger partial charge in [-0.05, 0) is 54.8 Å². The van der Waals surface area contributed by atoms with Gasteiger partial charge in [0.05, 0.1) is 20.6 Å². The first kappa shape index (κ1) is 18.8. The Morgan fingerprint density at radius 2 is 1.70 bits per heavy atom. The molecule has 0 aromatic heterocycles. The molecule has 142 valence electrons. The molecule has 0 saturated heterocycles. The molecule has 0 heterocycles. The van der Waals surface area contributed by atoms with Crippen molar-refractivity contribution in [3.05, 3.63) is 48.0 Å². The third-order valence-electron chi connectivity index (χ3n) is 4.45. The van der Waals surface area contributed by atoms with Crippen LogP contribution >= 0.6 is 0 Å². The number of hydrogen-bond acceptors (Lipinski definition) is 4. The molecule has 0 atom stereocenters. The Labute approximate surface area is 159 Å². The van der Waals surface area contributed by atoms with E-state index in [-0.39, 0.29) is 24.3 Å². The maximum atomic E-state index is 13.0. The maximum absolute atomic E-state index is 13.0. The molecule has 0 aliphatic heterocycles. The van der Waals surface area contributed by atoms with E-state index in [9.17, 15) is 9.59 Å². The van der Waals surface area contributed by atoms with E-state index >= 15 is 0 Å². The SMILES string of the molecule is COc1ccc(CC(=O)N(c2ccc(NC(C)=O)cc2)C2CC2)cc1OC. The van der Waals surface area contributed by atoms with Crippen LogP contribution in [-0.2, 0) is 16.0 Å². The summed E-state index contributed by atoms with van der Waals surface area (Å²) in [6, 6.07) is 13.1. The second kappa shape index (κ2) is 8.12. The molecule has 27 heavy (non-hydrogen) atoms. The summed E-state index contributed by atoms with van der Waals surface area (Å²) in [6.45, 7) is 1.47. The maximum Gasteiger partial charge on any atom is 0.231 e. The summed E-state index contributed by atoms with van der Waals surface area (Å²) in [5, 5.41) is 2.74. The number of carbonyl (C=O) groups excluding carboxylic acids is 2. The average molecular weight is 368 g/mol. The van der Waals surface area contributed by atoms with Crippen LogP contribution in [-0.4, -0.2) is 32.1 Å². The van der Waals surface area contributed by atoms with Gasteiger partial charge in [0.25, 0.3) is 0 Å². The number of amides is 2. The molecular formula is C21H24N2O4. The minimum absolute atomic E-state index is 0.0389. The molecule has 1 aliphatic carbocycles. The molecule has 1 fully saturated rings. The van der Waals surface area contributed by atoms with E-state index in [2.05, 4.69) is 5.32 Å². The Balaban J connectivity index is 1.77. The van der Waals surface area contributed by atoms with Gasteiger partial charge in [-0.3, -0.25) is 9.59 Å². The lowest BCUT2D eigenvalue weighted by molar-refractivity contribution is -0.118. The summed E-state index contributed by atoms with van der Waals surface area (Å²) in [7, 11) is 3.17. The molecule has 0 spiro atoms. The average Bonchev–Trinajstić information content (AvgIpc) is 3.47. The van der Waals surface area contributed by atoms with E-state index in [1.165, 1.54) is 6.92 Å². The summed E-state index contributed by atoms with van der Waals surface area (Å²) in [5.74, 6) is 1.17. The summed E-state index contributed by atoms with van der Waals surface area (Å²) in [4.78, 5) is 26.0. The van der Waals surface area contributed by atoms with Crippen LogP contribution in [0.2, 0.25) is 0 Å². The third-order valence-corrected chi connectivity index (χ3v) is 4.45. The van der Waals surface area contributed by atoms with Crippen molar-refractivity contribution in [2.75, 3.05) is 24.4 Å². The fourth-order valence-electron chi connectivity index (χ4n) is 3.05. The molecule has 2 aromatic rings. The number of ether oxygens (including phenoxy) is 2. The van der Waals surface area contributed by atoms with E-state index in [1.54, 1.807) is 14.2 Å². The van der Waals surface area contributed by atoms with Crippen molar-refractivity contribution >= 4 is 23.2 Å². The van der Waals surface area contributed by atoms with Gasteiger partial charge in [0.15, 0.2) is 11.5 Å². The lowest BCUT2D eigenvalue weighted by Crippen LogP contribution is -2.34. The Kier molecular flexibility index (Phi) is 5.64. The molecule has 2 amide bonds. The summed E-state index contributed by atoms with van der Waals surface area (Å²) in [5.41, 5.74) is 2.43. The highest BCUT2D eigenvalue weighted by atomic mass is 16.5. The van der Waals surface area contributed by atoms with Gasteiger partial charge in [0.1, 0.15) is 0 Å². The second-order valence-corrected chi connectivity index (χ2v) is 6.59. The first-order chi connectivity index (χ1) is 13.0. The van der Waals surface area contributed by atoms with Crippen LogP contribution in [0.5, 0.6) is 11.5 Å². The van der Waals surface area contributed by atoms with Gasteiger partial charge in [0, 0.05) is 24.3 Å². The molecule has 3 rings (SSSR count). The van der Waals surface area contributed by atoms with E-state index in [4.69, 9.17) is 9.47 Å². The molecule has 0 bridgehead atoms. The lowest BCUT2D eigenvalue weighted by atomic mass is 10.1. The van der Waals surface area contributed by atoms with Crippen LogP contribution < -0.4 is 19.7 Å². The minimum atomic E-state index is -0.119. The van der Waals surface area contributed by atoms with Crippen LogP contribution in [0.15, 0.2) is 42.5 Å². The van der Waals surface area contributed by atoms with Gasteiger partial charge in [0.2, 0.25) is 11.8 Å². The van der Waals surface area contributed by atoms with Gasteiger partial charge in [-0.2, -0.15) is 0 Å². The van der Waals surface area contributed by atoms with Crippen molar-refractivity contribution in [3.63, 3.8) is 0 Å². The number of benzene rings is 2. The van der Waals surface area contributed by atoms with E-state index in [1.807, 2.05) is 47.4 Å². The standard InChI is InChI=1S/C21H24N2O4/c1-14(24)22-16-5-7-17(8-6-16)23(18-9-10-18)21(25)13-15-4-11-19(26-2)20(12-15)27-3/h4-8,11-12,18H,9-10,13H2,1-3H3,(H,22,24). The number of nitrogens with zero attached hydrogens (tertiary/aromatic N) is 1. The molecule has 6 nitrogen and oxygen atoms in total. The Morgan fingerprint density at radius 1 is 1.04 bits per heavy atom. The number of anilines is 2. The molecule has 1 aliphatic rings. The molecule has 1 saturated carbocycles. The monoisotopic (exact) mass is 368 g/mol. The number of carbonyl (C=O) groups is 2. The van der Waals surface area contributed by atoms with Crippen molar-refractivity contribution in [1.82, 2.24) is 0 Å². The summed E-state index contributed by atoms with van der Waals surface area (Å²) >= 11 is 0. The predicted molar refractivity (Wildman–Crippen MR) is 105 cm³/mol.